The molecule has 2 aromatic rings. The quantitative estimate of drug-likeness (QED) is 0.791. The second kappa shape index (κ2) is 9.45. The molecule has 7 heteroatoms. The van der Waals surface area contributed by atoms with Crippen molar-refractivity contribution < 1.29 is 18.3 Å². The molecule has 3 rings (SSSR count). The molecule has 1 fully saturated rings. The number of amides is 1. The van der Waals surface area contributed by atoms with Gasteiger partial charge in [-0.2, -0.15) is 0 Å². The lowest BCUT2D eigenvalue weighted by Crippen LogP contribution is -2.47. The number of morpholine rings is 1. The smallest absolute Gasteiger partial charge is 0.224 e. The van der Waals surface area contributed by atoms with E-state index in [1.807, 2.05) is 6.92 Å². The van der Waals surface area contributed by atoms with Crippen LogP contribution >= 0.6 is 11.6 Å². The Morgan fingerprint density at radius 3 is 2.71 bits per heavy atom. The number of nitrogens with one attached hydrogen (secondary N) is 1. The Morgan fingerprint density at radius 1 is 1.29 bits per heavy atom. The van der Waals surface area contributed by atoms with Crippen molar-refractivity contribution >= 4 is 17.5 Å². The summed E-state index contributed by atoms with van der Waals surface area (Å²) < 4.78 is 33.2. The highest BCUT2D eigenvalue weighted by molar-refractivity contribution is 6.31. The summed E-state index contributed by atoms with van der Waals surface area (Å²) in [4.78, 5) is 14.5. The molecule has 1 saturated heterocycles. The van der Waals surface area contributed by atoms with E-state index < -0.39 is 11.9 Å². The highest BCUT2D eigenvalue weighted by Gasteiger charge is 2.29. The Balaban J connectivity index is 1.73. The monoisotopic (exact) mass is 408 g/mol. The van der Waals surface area contributed by atoms with Crippen molar-refractivity contribution in [2.24, 2.45) is 0 Å². The molecule has 1 N–H and O–H groups in total. The van der Waals surface area contributed by atoms with E-state index in [1.165, 1.54) is 18.2 Å². The van der Waals surface area contributed by atoms with Crippen LogP contribution in [0.3, 0.4) is 0 Å². The number of ether oxygens (including phenoxy) is 1. The molecule has 0 aliphatic carbocycles. The summed E-state index contributed by atoms with van der Waals surface area (Å²) in [7, 11) is 0. The average molecular weight is 409 g/mol. The van der Waals surface area contributed by atoms with Gasteiger partial charge in [-0.3, -0.25) is 9.69 Å². The van der Waals surface area contributed by atoms with Crippen molar-refractivity contribution in [3.05, 3.63) is 70.2 Å². The Morgan fingerprint density at radius 2 is 2.04 bits per heavy atom. The summed E-state index contributed by atoms with van der Waals surface area (Å²) in [6.07, 6.45) is 0.133. The number of benzene rings is 2. The van der Waals surface area contributed by atoms with Crippen LogP contribution in [0.25, 0.3) is 0 Å². The number of carbonyl (C=O) groups excluding carboxylic acids is 1. The fourth-order valence-electron chi connectivity index (χ4n) is 3.43. The fourth-order valence-corrected chi connectivity index (χ4v) is 3.72. The maximum atomic E-state index is 14.6. The van der Waals surface area contributed by atoms with Crippen LogP contribution in [-0.2, 0) is 16.0 Å². The van der Waals surface area contributed by atoms with E-state index in [2.05, 4.69) is 10.2 Å². The topological polar surface area (TPSA) is 41.6 Å². The Labute approximate surface area is 168 Å². The maximum Gasteiger partial charge on any atom is 0.224 e. The summed E-state index contributed by atoms with van der Waals surface area (Å²) in [5.41, 5.74) is 1.08. The van der Waals surface area contributed by atoms with Gasteiger partial charge in [0.2, 0.25) is 5.91 Å². The largest absolute Gasteiger partial charge is 0.376 e. The molecule has 2 aromatic carbocycles. The van der Waals surface area contributed by atoms with Gasteiger partial charge < -0.3 is 10.1 Å². The summed E-state index contributed by atoms with van der Waals surface area (Å²) in [5, 5.41) is 3.20. The minimum absolute atomic E-state index is 0.0108. The summed E-state index contributed by atoms with van der Waals surface area (Å²) in [6.45, 7) is 3.94. The van der Waals surface area contributed by atoms with Gasteiger partial charge in [0.25, 0.3) is 0 Å². The third kappa shape index (κ3) is 5.28. The predicted molar refractivity (Wildman–Crippen MR) is 104 cm³/mol. The number of nitrogens with zero attached hydrogens (tertiary/aromatic N) is 1. The molecule has 0 spiro atoms. The lowest BCUT2D eigenvalue weighted by Gasteiger charge is -2.38. The van der Waals surface area contributed by atoms with E-state index in [-0.39, 0.29) is 30.8 Å². The molecule has 0 saturated carbocycles. The van der Waals surface area contributed by atoms with Crippen molar-refractivity contribution in [2.45, 2.75) is 25.5 Å². The zero-order valence-corrected chi connectivity index (χ0v) is 16.4. The third-order valence-electron chi connectivity index (χ3n) is 4.82. The highest BCUT2D eigenvalue weighted by atomic mass is 35.5. The van der Waals surface area contributed by atoms with E-state index in [0.717, 1.165) is 0 Å². The van der Waals surface area contributed by atoms with Gasteiger partial charge in [-0.15, -0.1) is 0 Å². The van der Waals surface area contributed by atoms with Crippen LogP contribution in [0.4, 0.5) is 8.78 Å². The van der Waals surface area contributed by atoms with Gasteiger partial charge in [-0.05, 0) is 36.8 Å². The van der Waals surface area contributed by atoms with Gasteiger partial charge in [-0.25, -0.2) is 8.78 Å². The molecule has 1 aliphatic rings. The van der Waals surface area contributed by atoms with Crippen molar-refractivity contribution in [2.75, 3.05) is 26.2 Å². The van der Waals surface area contributed by atoms with E-state index in [4.69, 9.17) is 16.3 Å². The SMILES string of the molecule is C[C@H]1CN([C@H](CNC(=O)Cc2ccc(F)cc2)c2c(F)cccc2Cl)CCO1. The third-order valence-corrected chi connectivity index (χ3v) is 5.15. The first-order valence-corrected chi connectivity index (χ1v) is 9.62. The Hall–Kier alpha value is -2.02. The molecular weight excluding hydrogens is 386 g/mol. The van der Waals surface area contributed by atoms with Crippen LogP contribution in [0.2, 0.25) is 5.02 Å². The molecular formula is C21H23ClF2N2O2. The van der Waals surface area contributed by atoms with Gasteiger partial charge in [0.05, 0.1) is 25.2 Å². The number of carbonyl (C=O) groups is 1. The summed E-state index contributed by atoms with van der Waals surface area (Å²) in [5.74, 6) is -0.963. The minimum Gasteiger partial charge on any atom is -0.376 e. The highest BCUT2D eigenvalue weighted by Crippen LogP contribution is 2.31. The molecule has 1 amide bonds. The second-order valence-electron chi connectivity index (χ2n) is 6.93. The lowest BCUT2D eigenvalue weighted by molar-refractivity contribution is -0.120. The first-order valence-electron chi connectivity index (χ1n) is 9.24. The van der Waals surface area contributed by atoms with Crippen LogP contribution in [0.5, 0.6) is 0 Å². The molecule has 2 atom stereocenters. The van der Waals surface area contributed by atoms with E-state index in [0.29, 0.717) is 35.8 Å². The molecule has 0 unspecified atom stereocenters. The van der Waals surface area contributed by atoms with Gasteiger partial charge in [0.1, 0.15) is 11.6 Å². The molecule has 0 radical (unpaired) electrons. The molecule has 1 heterocycles. The van der Waals surface area contributed by atoms with E-state index >= 15 is 0 Å². The van der Waals surface area contributed by atoms with Crippen molar-refractivity contribution in [1.29, 1.82) is 0 Å². The van der Waals surface area contributed by atoms with Gasteiger partial charge in [-0.1, -0.05) is 29.8 Å². The standard InChI is InChI=1S/C21H23ClF2N2O2/c1-14-13-26(9-10-28-14)19(21-17(22)3-2-4-18(21)24)12-25-20(27)11-15-5-7-16(23)8-6-15/h2-8,14,19H,9-13H2,1H3,(H,25,27)/t14-,19+/m0/s1. The molecule has 150 valence electrons. The van der Waals surface area contributed by atoms with Crippen LogP contribution in [-0.4, -0.2) is 43.2 Å². The van der Waals surface area contributed by atoms with Gasteiger partial charge >= 0.3 is 0 Å². The van der Waals surface area contributed by atoms with Crippen molar-refractivity contribution in [1.82, 2.24) is 10.2 Å². The maximum absolute atomic E-state index is 14.6. The van der Waals surface area contributed by atoms with Crippen molar-refractivity contribution in [3.63, 3.8) is 0 Å². The number of hydrogen-bond acceptors (Lipinski definition) is 3. The molecule has 28 heavy (non-hydrogen) atoms. The van der Waals surface area contributed by atoms with Gasteiger partial charge in [0.15, 0.2) is 0 Å². The Bertz CT molecular complexity index is 796. The number of rotatable bonds is 6. The van der Waals surface area contributed by atoms with E-state index in [1.54, 1.807) is 24.3 Å². The second-order valence-corrected chi connectivity index (χ2v) is 7.34. The number of halogens is 3. The van der Waals surface area contributed by atoms with Crippen LogP contribution < -0.4 is 5.32 Å². The van der Waals surface area contributed by atoms with Gasteiger partial charge in [0, 0.05) is 30.2 Å². The zero-order valence-electron chi connectivity index (χ0n) is 15.6. The fraction of sp³-hybridized carbons (Fsp3) is 0.381. The minimum atomic E-state index is -0.405. The zero-order chi connectivity index (χ0) is 20.1. The first kappa shape index (κ1) is 20.7. The van der Waals surface area contributed by atoms with Crippen molar-refractivity contribution in [3.8, 4) is 0 Å². The molecule has 0 aromatic heterocycles. The Kier molecular flexibility index (Phi) is 6.99. The predicted octanol–water partition coefficient (Wildman–Crippen LogP) is 3.74. The average Bonchev–Trinajstić information content (AvgIpc) is 2.66. The van der Waals surface area contributed by atoms with Crippen LogP contribution in [0, 0.1) is 11.6 Å². The van der Waals surface area contributed by atoms with E-state index in [9.17, 15) is 13.6 Å². The summed E-state index contributed by atoms with van der Waals surface area (Å²) in [6, 6.07) is 9.97. The first-order chi connectivity index (χ1) is 13.4. The van der Waals surface area contributed by atoms with Crippen LogP contribution in [0.1, 0.15) is 24.1 Å². The molecule has 0 bridgehead atoms. The lowest BCUT2D eigenvalue weighted by atomic mass is 10.0. The normalized spacial score (nSPS) is 18.6. The van der Waals surface area contributed by atoms with Crippen LogP contribution in [0.15, 0.2) is 42.5 Å². The number of hydrogen-bond donors (Lipinski definition) is 1. The molecule has 4 nitrogen and oxygen atoms in total. The molecule has 1 aliphatic heterocycles. The summed E-state index contributed by atoms with van der Waals surface area (Å²) >= 11 is 6.29.